The molecule has 17 heavy (non-hydrogen) atoms. The minimum absolute atomic E-state index is 0.0753. The van der Waals surface area contributed by atoms with Gasteiger partial charge in [-0.1, -0.05) is 5.92 Å². The molecule has 0 atom stereocenters. The van der Waals surface area contributed by atoms with E-state index in [9.17, 15) is 9.59 Å². The number of carbonyl (C=O) groups is 2. The highest BCUT2D eigenvalue weighted by molar-refractivity contribution is 9.10. The standard InChI is InChI=1S/C11H9BrN2O3/c1-2-6-14(7-9(15)16)11(17)10-8(12)4-3-5-13-10/h1,3-5H,6-7H2,(H,15,16). The molecule has 1 rings (SSSR count). The van der Waals surface area contributed by atoms with Crippen molar-refractivity contribution < 1.29 is 14.7 Å². The first-order chi connectivity index (χ1) is 8.06. The lowest BCUT2D eigenvalue weighted by Gasteiger charge is -2.17. The minimum atomic E-state index is -1.12. The number of hydrogen-bond acceptors (Lipinski definition) is 3. The number of carboxylic acid groups (broad SMARTS) is 1. The maximum absolute atomic E-state index is 12.0. The first-order valence-corrected chi connectivity index (χ1v) is 5.40. The Morgan fingerprint density at radius 3 is 2.82 bits per heavy atom. The first-order valence-electron chi connectivity index (χ1n) is 4.61. The molecule has 0 aliphatic heterocycles. The second-order valence-corrected chi connectivity index (χ2v) is 3.95. The molecule has 5 nitrogen and oxygen atoms in total. The Bertz CT molecular complexity index is 482. The second kappa shape index (κ2) is 6.01. The Morgan fingerprint density at radius 2 is 2.29 bits per heavy atom. The van der Waals surface area contributed by atoms with Gasteiger partial charge in [0.25, 0.3) is 5.91 Å². The summed E-state index contributed by atoms with van der Waals surface area (Å²) in [6, 6.07) is 3.30. The van der Waals surface area contributed by atoms with Gasteiger partial charge in [-0.25, -0.2) is 4.98 Å². The molecule has 0 aliphatic rings. The molecule has 0 aliphatic carbocycles. The minimum Gasteiger partial charge on any atom is -0.480 e. The Balaban J connectivity index is 2.96. The third kappa shape index (κ3) is 3.57. The van der Waals surface area contributed by atoms with Gasteiger partial charge in [0, 0.05) is 10.7 Å². The lowest BCUT2D eigenvalue weighted by molar-refractivity contribution is -0.137. The van der Waals surface area contributed by atoms with Gasteiger partial charge in [-0.15, -0.1) is 6.42 Å². The number of rotatable bonds is 4. The molecule has 0 unspecified atom stereocenters. The van der Waals surface area contributed by atoms with E-state index in [-0.39, 0.29) is 12.2 Å². The number of amides is 1. The number of carboxylic acids is 1. The number of aromatic nitrogens is 1. The molecule has 0 aromatic carbocycles. The van der Waals surface area contributed by atoms with Gasteiger partial charge in [0.15, 0.2) is 0 Å². The van der Waals surface area contributed by atoms with Gasteiger partial charge in [0.1, 0.15) is 12.2 Å². The van der Waals surface area contributed by atoms with Gasteiger partial charge in [0.2, 0.25) is 0 Å². The van der Waals surface area contributed by atoms with Crippen LogP contribution in [0.25, 0.3) is 0 Å². The molecule has 0 spiro atoms. The van der Waals surface area contributed by atoms with Crippen LogP contribution in [0.5, 0.6) is 0 Å². The monoisotopic (exact) mass is 296 g/mol. The van der Waals surface area contributed by atoms with E-state index >= 15 is 0 Å². The maximum atomic E-state index is 12.0. The zero-order chi connectivity index (χ0) is 12.8. The topological polar surface area (TPSA) is 70.5 Å². The number of carbonyl (C=O) groups excluding carboxylic acids is 1. The van der Waals surface area contributed by atoms with Crippen molar-refractivity contribution in [3.8, 4) is 12.3 Å². The Labute approximate surface area is 107 Å². The molecular weight excluding hydrogens is 288 g/mol. The van der Waals surface area contributed by atoms with Crippen LogP contribution in [0.1, 0.15) is 10.5 Å². The highest BCUT2D eigenvalue weighted by Crippen LogP contribution is 2.15. The zero-order valence-electron chi connectivity index (χ0n) is 8.76. The summed E-state index contributed by atoms with van der Waals surface area (Å²) < 4.78 is 0.498. The fourth-order valence-electron chi connectivity index (χ4n) is 1.17. The highest BCUT2D eigenvalue weighted by Gasteiger charge is 2.20. The lowest BCUT2D eigenvalue weighted by atomic mass is 10.3. The number of nitrogens with zero attached hydrogens (tertiary/aromatic N) is 2. The van der Waals surface area contributed by atoms with Crippen molar-refractivity contribution >= 4 is 27.8 Å². The molecule has 1 aromatic rings. The molecule has 1 heterocycles. The first kappa shape index (κ1) is 13.2. The van der Waals surface area contributed by atoms with Crippen molar-refractivity contribution in [3.63, 3.8) is 0 Å². The van der Waals surface area contributed by atoms with Crippen molar-refractivity contribution in [2.45, 2.75) is 0 Å². The average Bonchev–Trinajstić information content (AvgIpc) is 2.28. The summed E-state index contributed by atoms with van der Waals surface area (Å²) in [6.07, 6.45) is 6.54. The van der Waals surface area contributed by atoms with Crippen molar-refractivity contribution in [3.05, 3.63) is 28.5 Å². The van der Waals surface area contributed by atoms with Crippen LogP contribution in [-0.2, 0) is 4.79 Å². The van der Waals surface area contributed by atoms with Crippen molar-refractivity contribution in [1.82, 2.24) is 9.88 Å². The maximum Gasteiger partial charge on any atom is 0.323 e. The predicted molar refractivity (Wildman–Crippen MR) is 64.3 cm³/mol. The van der Waals surface area contributed by atoms with Gasteiger partial charge in [0.05, 0.1) is 6.54 Å². The van der Waals surface area contributed by atoms with Crippen LogP contribution in [-0.4, -0.2) is 40.0 Å². The number of pyridine rings is 1. The van der Waals surface area contributed by atoms with Gasteiger partial charge >= 0.3 is 5.97 Å². The van der Waals surface area contributed by atoms with E-state index in [4.69, 9.17) is 11.5 Å². The van der Waals surface area contributed by atoms with Crippen LogP contribution in [0.3, 0.4) is 0 Å². The summed E-state index contributed by atoms with van der Waals surface area (Å²) in [7, 11) is 0. The van der Waals surface area contributed by atoms with E-state index < -0.39 is 18.4 Å². The Kier molecular flexibility index (Phi) is 4.67. The molecular formula is C11H9BrN2O3. The predicted octanol–water partition coefficient (Wildman–Crippen LogP) is 1.00. The molecule has 88 valence electrons. The van der Waals surface area contributed by atoms with Crippen LogP contribution in [0, 0.1) is 12.3 Å². The summed E-state index contributed by atoms with van der Waals surface area (Å²) in [5.74, 6) is 0.602. The molecule has 0 saturated carbocycles. The van der Waals surface area contributed by atoms with Crippen molar-refractivity contribution in [2.75, 3.05) is 13.1 Å². The molecule has 1 aromatic heterocycles. The lowest BCUT2D eigenvalue weighted by Crippen LogP contribution is -2.36. The van der Waals surface area contributed by atoms with Crippen LogP contribution in [0.4, 0.5) is 0 Å². The fourth-order valence-corrected chi connectivity index (χ4v) is 1.59. The number of halogens is 1. The molecule has 0 bridgehead atoms. The van der Waals surface area contributed by atoms with E-state index in [0.717, 1.165) is 4.90 Å². The van der Waals surface area contributed by atoms with Gasteiger partial charge in [-0.05, 0) is 28.1 Å². The summed E-state index contributed by atoms with van der Waals surface area (Å²) in [4.78, 5) is 27.5. The van der Waals surface area contributed by atoms with Gasteiger partial charge in [-0.3, -0.25) is 9.59 Å². The van der Waals surface area contributed by atoms with E-state index in [1.807, 2.05) is 0 Å². The fraction of sp³-hybridized carbons (Fsp3) is 0.182. The van der Waals surface area contributed by atoms with Crippen LogP contribution < -0.4 is 0 Å². The molecule has 0 fully saturated rings. The SMILES string of the molecule is C#CCN(CC(=O)O)C(=O)c1ncccc1Br. The molecule has 1 N–H and O–H groups in total. The van der Waals surface area contributed by atoms with Crippen molar-refractivity contribution in [2.24, 2.45) is 0 Å². The van der Waals surface area contributed by atoms with E-state index in [2.05, 4.69) is 26.8 Å². The number of aliphatic carboxylic acids is 1. The van der Waals surface area contributed by atoms with Crippen LogP contribution in [0.2, 0.25) is 0 Å². The smallest absolute Gasteiger partial charge is 0.323 e. The van der Waals surface area contributed by atoms with E-state index in [1.165, 1.54) is 6.20 Å². The van der Waals surface area contributed by atoms with E-state index in [0.29, 0.717) is 4.47 Å². The van der Waals surface area contributed by atoms with Gasteiger partial charge < -0.3 is 10.0 Å². The van der Waals surface area contributed by atoms with Crippen LogP contribution >= 0.6 is 15.9 Å². The molecule has 0 saturated heterocycles. The number of terminal acetylenes is 1. The van der Waals surface area contributed by atoms with Crippen LogP contribution in [0.15, 0.2) is 22.8 Å². The molecule has 6 heteroatoms. The second-order valence-electron chi connectivity index (χ2n) is 3.09. The molecule has 1 amide bonds. The quantitative estimate of drug-likeness (QED) is 0.842. The normalized spacial score (nSPS) is 9.41. The largest absolute Gasteiger partial charge is 0.480 e. The summed E-state index contributed by atoms with van der Waals surface area (Å²) in [5, 5.41) is 8.68. The third-order valence-corrected chi connectivity index (χ3v) is 2.50. The zero-order valence-corrected chi connectivity index (χ0v) is 10.3. The summed E-state index contributed by atoms with van der Waals surface area (Å²) in [5.41, 5.74) is 0.143. The van der Waals surface area contributed by atoms with E-state index in [1.54, 1.807) is 12.1 Å². The highest BCUT2D eigenvalue weighted by atomic mass is 79.9. The Hall–Kier alpha value is -1.87. The summed E-state index contributed by atoms with van der Waals surface area (Å²) >= 11 is 3.17. The third-order valence-electron chi connectivity index (χ3n) is 1.86. The molecule has 0 radical (unpaired) electrons. The number of hydrogen-bond donors (Lipinski definition) is 1. The summed E-state index contributed by atoms with van der Waals surface area (Å²) in [6.45, 7) is -0.528. The van der Waals surface area contributed by atoms with Crippen molar-refractivity contribution in [1.29, 1.82) is 0 Å². The average molecular weight is 297 g/mol. The Morgan fingerprint density at radius 1 is 1.59 bits per heavy atom. The van der Waals surface area contributed by atoms with Gasteiger partial charge in [-0.2, -0.15) is 0 Å².